The summed E-state index contributed by atoms with van der Waals surface area (Å²) in [5, 5.41) is 0. The van der Waals surface area contributed by atoms with Crippen molar-refractivity contribution in [3.8, 4) is 5.75 Å². The van der Waals surface area contributed by atoms with Crippen molar-refractivity contribution >= 4 is 11.8 Å². The molecule has 5 nitrogen and oxygen atoms in total. The Hall–Kier alpha value is -2.04. The average Bonchev–Trinajstić information content (AvgIpc) is 3.47. The lowest BCUT2D eigenvalue weighted by Gasteiger charge is -2.43. The summed E-state index contributed by atoms with van der Waals surface area (Å²) in [5.41, 5.74) is 0.770. The molecule has 0 saturated heterocycles. The number of hydrogen-bond donors (Lipinski definition) is 0. The van der Waals surface area contributed by atoms with Crippen molar-refractivity contribution in [3.63, 3.8) is 0 Å². The molecule has 2 saturated carbocycles. The normalized spacial score (nSPS) is 28.1. The highest BCUT2D eigenvalue weighted by atomic mass is 16.5. The van der Waals surface area contributed by atoms with Crippen LogP contribution in [0.25, 0.3) is 0 Å². The molecule has 4 rings (SSSR count). The van der Waals surface area contributed by atoms with Gasteiger partial charge in [0, 0.05) is 38.0 Å². The summed E-state index contributed by atoms with van der Waals surface area (Å²) >= 11 is 0. The van der Waals surface area contributed by atoms with Crippen molar-refractivity contribution in [3.05, 3.63) is 29.8 Å². The van der Waals surface area contributed by atoms with Crippen molar-refractivity contribution in [1.29, 1.82) is 0 Å². The van der Waals surface area contributed by atoms with Gasteiger partial charge < -0.3 is 14.5 Å². The second-order valence-electron chi connectivity index (χ2n) is 8.22. The molecule has 2 aliphatic carbocycles. The van der Waals surface area contributed by atoms with Crippen LogP contribution in [-0.4, -0.2) is 46.8 Å². The van der Waals surface area contributed by atoms with Crippen LogP contribution >= 0.6 is 0 Å². The van der Waals surface area contributed by atoms with E-state index >= 15 is 0 Å². The first-order chi connectivity index (χ1) is 12.5. The molecule has 0 aromatic heterocycles. The van der Waals surface area contributed by atoms with Gasteiger partial charge in [-0.05, 0) is 44.6 Å². The molecule has 26 heavy (non-hydrogen) atoms. The van der Waals surface area contributed by atoms with E-state index in [1.165, 1.54) is 0 Å². The summed E-state index contributed by atoms with van der Waals surface area (Å²) in [5.74, 6) is 1.53. The van der Waals surface area contributed by atoms with Crippen molar-refractivity contribution in [2.45, 2.75) is 63.6 Å². The summed E-state index contributed by atoms with van der Waals surface area (Å²) in [4.78, 5) is 28.4. The monoisotopic (exact) mass is 356 g/mol. The molecule has 2 amide bonds. The van der Waals surface area contributed by atoms with Gasteiger partial charge in [0.05, 0.1) is 6.54 Å². The van der Waals surface area contributed by atoms with Crippen molar-refractivity contribution in [2.75, 3.05) is 13.6 Å². The van der Waals surface area contributed by atoms with Gasteiger partial charge in [-0.3, -0.25) is 9.59 Å². The van der Waals surface area contributed by atoms with Gasteiger partial charge in [0.15, 0.2) is 0 Å². The Morgan fingerprint density at radius 2 is 1.85 bits per heavy atom. The van der Waals surface area contributed by atoms with Gasteiger partial charge in [-0.25, -0.2) is 0 Å². The Morgan fingerprint density at radius 3 is 2.50 bits per heavy atom. The SMILES string of the molecule is CC(=O)N(C)C1CCC2(CC1)CN(C(=O)C1CC1)Cc1ccccc1O2. The zero-order valence-electron chi connectivity index (χ0n) is 15.7. The van der Waals surface area contributed by atoms with Crippen LogP contribution in [-0.2, 0) is 16.1 Å². The number of amides is 2. The predicted molar refractivity (Wildman–Crippen MR) is 98.6 cm³/mol. The first-order valence-corrected chi connectivity index (χ1v) is 9.76. The van der Waals surface area contributed by atoms with Crippen LogP contribution in [0.4, 0.5) is 0 Å². The maximum atomic E-state index is 12.8. The van der Waals surface area contributed by atoms with E-state index in [4.69, 9.17) is 4.74 Å². The van der Waals surface area contributed by atoms with E-state index in [2.05, 4.69) is 6.07 Å². The Labute approximate surface area is 155 Å². The highest BCUT2D eigenvalue weighted by Gasteiger charge is 2.45. The number of ether oxygens (including phenoxy) is 1. The number of hydrogen-bond acceptors (Lipinski definition) is 3. The Kier molecular flexibility index (Phi) is 4.41. The molecule has 1 aromatic rings. The average molecular weight is 356 g/mol. The zero-order valence-corrected chi connectivity index (χ0v) is 15.7. The minimum Gasteiger partial charge on any atom is -0.485 e. The molecule has 140 valence electrons. The molecular formula is C21H28N2O3. The minimum atomic E-state index is -0.328. The Bertz CT molecular complexity index is 705. The first-order valence-electron chi connectivity index (χ1n) is 9.76. The summed E-state index contributed by atoms with van der Waals surface area (Å²) in [6.45, 7) is 2.93. The fourth-order valence-corrected chi connectivity index (χ4v) is 4.39. The van der Waals surface area contributed by atoms with Gasteiger partial charge in [0.25, 0.3) is 0 Å². The largest absolute Gasteiger partial charge is 0.485 e. The summed E-state index contributed by atoms with van der Waals surface area (Å²) in [6, 6.07) is 8.37. The van der Waals surface area contributed by atoms with Crippen LogP contribution < -0.4 is 4.74 Å². The van der Waals surface area contributed by atoms with Gasteiger partial charge in [-0.2, -0.15) is 0 Å². The van der Waals surface area contributed by atoms with Crippen LogP contribution in [0.1, 0.15) is 51.0 Å². The number of benzene rings is 1. The van der Waals surface area contributed by atoms with E-state index in [0.29, 0.717) is 13.1 Å². The molecule has 0 atom stereocenters. The molecule has 2 fully saturated rings. The first kappa shape index (κ1) is 17.4. The summed E-state index contributed by atoms with van der Waals surface area (Å²) < 4.78 is 6.56. The molecule has 0 radical (unpaired) electrons. The quantitative estimate of drug-likeness (QED) is 0.819. The molecule has 0 unspecified atom stereocenters. The van der Waals surface area contributed by atoms with Gasteiger partial charge in [-0.15, -0.1) is 0 Å². The lowest BCUT2D eigenvalue weighted by Crippen LogP contribution is -2.52. The summed E-state index contributed by atoms with van der Waals surface area (Å²) in [6.07, 6.45) is 5.64. The third-order valence-corrected chi connectivity index (χ3v) is 6.29. The Morgan fingerprint density at radius 1 is 1.15 bits per heavy atom. The maximum Gasteiger partial charge on any atom is 0.226 e. The third kappa shape index (κ3) is 3.31. The van der Waals surface area contributed by atoms with E-state index in [1.54, 1.807) is 6.92 Å². The number of carbonyl (C=O) groups excluding carboxylic acids is 2. The fourth-order valence-electron chi connectivity index (χ4n) is 4.39. The van der Waals surface area contributed by atoms with Gasteiger partial charge >= 0.3 is 0 Å². The molecule has 1 aliphatic heterocycles. The molecule has 1 aromatic carbocycles. The number of fused-ring (bicyclic) bond motifs is 1. The number of para-hydroxylation sites is 1. The number of carbonyl (C=O) groups is 2. The van der Waals surface area contributed by atoms with E-state index in [-0.39, 0.29) is 29.4 Å². The second-order valence-corrected chi connectivity index (χ2v) is 8.22. The Balaban J connectivity index is 1.57. The molecule has 5 heteroatoms. The molecular weight excluding hydrogens is 328 g/mol. The lowest BCUT2D eigenvalue weighted by molar-refractivity contribution is -0.137. The molecule has 3 aliphatic rings. The number of nitrogens with zero attached hydrogens (tertiary/aromatic N) is 2. The summed E-state index contributed by atoms with van der Waals surface area (Å²) in [7, 11) is 1.89. The highest BCUT2D eigenvalue weighted by Crippen LogP contribution is 2.41. The van der Waals surface area contributed by atoms with Crippen LogP contribution in [0.2, 0.25) is 0 Å². The molecule has 1 spiro atoms. The van der Waals surface area contributed by atoms with Crippen molar-refractivity contribution in [2.24, 2.45) is 5.92 Å². The van der Waals surface area contributed by atoms with E-state index in [0.717, 1.165) is 49.8 Å². The van der Waals surface area contributed by atoms with E-state index in [9.17, 15) is 9.59 Å². The lowest BCUT2D eigenvalue weighted by atomic mass is 9.81. The van der Waals surface area contributed by atoms with E-state index < -0.39 is 0 Å². The fraction of sp³-hybridized carbons (Fsp3) is 0.619. The van der Waals surface area contributed by atoms with Crippen LogP contribution in [0.5, 0.6) is 5.75 Å². The smallest absolute Gasteiger partial charge is 0.226 e. The molecule has 0 bridgehead atoms. The van der Waals surface area contributed by atoms with Crippen LogP contribution in [0.3, 0.4) is 0 Å². The van der Waals surface area contributed by atoms with Crippen molar-refractivity contribution in [1.82, 2.24) is 9.80 Å². The topological polar surface area (TPSA) is 49.9 Å². The molecule has 0 N–H and O–H groups in total. The van der Waals surface area contributed by atoms with Crippen molar-refractivity contribution < 1.29 is 14.3 Å². The third-order valence-electron chi connectivity index (χ3n) is 6.29. The highest BCUT2D eigenvalue weighted by molar-refractivity contribution is 5.81. The van der Waals surface area contributed by atoms with Gasteiger partial charge in [0.2, 0.25) is 11.8 Å². The minimum absolute atomic E-state index is 0.114. The number of rotatable bonds is 2. The van der Waals surface area contributed by atoms with Crippen LogP contribution in [0.15, 0.2) is 24.3 Å². The van der Waals surface area contributed by atoms with Crippen LogP contribution in [0, 0.1) is 5.92 Å². The second kappa shape index (κ2) is 6.60. The predicted octanol–water partition coefficient (Wildman–Crippen LogP) is 2.98. The van der Waals surface area contributed by atoms with E-state index in [1.807, 2.05) is 35.0 Å². The molecule has 1 heterocycles. The maximum absolute atomic E-state index is 12.8. The van der Waals surface area contributed by atoms with Gasteiger partial charge in [-0.1, -0.05) is 18.2 Å². The van der Waals surface area contributed by atoms with Gasteiger partial charge in [0.1, 0.15) is 11.4 Å². The zero-order chi connectivity index (χ0) is 18.3. The standard InChI is InChI=1S/C21H28N2O3/c1-15(24)22(2)18-9-11-21(12-10-18)14-23(20(25)16-7-8-16)13-17-5-3-4-6-19(17)26-21/h3-6,16,18H,7-14H2,1-2H3.